The summed E-state index contributed by atoms with van der Waals surface area (Å²) in [5, 5.41) is 10.8. The Labute approximate surface area is 118 Å². The Morgan fingerprint density at radius 3 is 2.67 bits per heavy atom. The summed E-state index contributed by atoms with van der Waals surface area (Å²) in [6.07, 6.45) is 5.41. The highest BCUT2D eigenvalue weighted by molar-refractivity contribution is 9.10. The third-order valence-electron chi connectivity index (χ3n) is 3.74. The van der Waals surface area contributed by atoms with E-state index in [1.807, 2.05) is 12.1 Å². The first-order valence-electron chi connectivity index (χ1n) is 6.61. The summed E-state index contributed by atoms with van der Waals surface area (Å²) in [4.78, 5) is 4.38. The fourth-order valence-corrected chi connectivity index (χ4v) is 3.92. The zero-order valence-electron chi connectivity index (χ0n) is 11.4. The van der Waals surface area contributed by atoms with Crippen molar-refractivity contribution >= 4 is 15.9 Å². The lowest BCUT2D eigenvalue weighted by Gasteiger charge is -2.44. The first-order chi connectivity index (χ1) is 8.28. The minimum Gasteiger partial charge on any atom is -0.389 e. The van der Waals surface area contributed by atoms with Gasteiger partial charge in [-0.3, -0.25) is 4.98 Å². The molecule has 1 aliphatic rings. The quantitative estimate of drug-likeness (QED) is 0.896. The third-order valence-corrected chi connectivity index (χ3v) is 4.20. The summed E-state index contributed by atoms with van der Waals surface area (Å²) in [5.41, 5.74) is 0.606. The summed E-state index contributed by atoms with van der Waals surface area (Å²) >= 11 is 3.39. The van der Waals surface area contributed by atoms with Crippen molar-refractivity contribution in [3.63, 3.8) is 0 Å². The Bertz CT molecular complexity index is 415. The Kier molecular flexibility index (Phi) is 3.84. The molecule has 1 N–H and O–H groups in total. The van der Waals surface area contributed by atoms with Crippen LogP contribution in [0.2, 0.25) is 0 Å². The molecule has 0 aromatic carbocycles. The maximum Gasteiger partial charge on any atom is 0.0710 e. The van der Waals surface area contributed by atoms with Crippen LogP contribution < -0.4 is 0 Å². The van der Waals surface area contributed by atoms with Crippen LogP contribution in [-0.2, 0) is 6.42 Å². The highest BCUT2D eigenvalue weighted by Crippen LogP contribution is 2.44. The number of hydrogen-bond donors (Lipinski definition) is 1. The summed E-state index contributed by atoms with van der Waals surface area (Å²) < 4.78 is 0.982. The van der Waals surface area contributed by atoms with E-state index in [1.165, 1.54) is 6.42 Å². The monoisotopic (exact) mass is 311 g/mol. The number of pyridine rings is 1. The standard InChI is InChI=1S/C15H22BrNO/c1-11-6-14(2,3)10-15(18,7-11)8-13-5-4-12(16)9-17-13/h4-5,9,11,18H,6-8,10H2,1-3H3. The third kappa shape index (κ3) is 3.55. The molecule has 100 valence electrons. The maximum atomic E-state index is 10.8. The van der Waals surface area contributed by atoms with Crippen molar-refractivity contribution in [2.45, 2.75) is 52.1 Å². The van der Waals surface area contributed by atoms with Gasteiger partial charge in [0.15, 0.2) is 0 Å². The van der Waals surface area contributed by atoms with Crippen LogP contribution in [-0.4, -0.2) is 15.7 Å². The van der Waals surface area contributed by atoms with Gasteiger partial charge in [-0.1, -0.05) is 20.8 Å². The van der Waals surface area contributed by atoms with Crippen molar-refractivity contribution in [1.29, 1.82) is 0 Å². The van der Waals surface area contributed by atoms with Crippen LogP contribution in [0.3, 0.4) is 0 Å². The molecule has 0 saturated heterocycles. The van der Waals surface area contributed by atoms with Gasteiger partial charge in [-0.15, -0.1) is 0 Å². The van der Waals surface area contributed by atoms with Crippen LogP contribution in [0.15, 0.2) is 22.8 Å². The fraction of sp³-hybridized carbons (Fsp3) is 0.667. The lowest BCUT2D eigenvalue weighted by Crippen LogP contribution is -2.43. The largest absolute Gasteiger partial charge is 0.389 e. The van der Waals surface area contributed by atoms with Gasteiger partial charge in [0.1, 0.15) is 0 Å². The molecular formula is C15H22BrNO. The molecule has 0 radical (unpaired) electrons. The summed E-state index contributed by atoms with van der Waals surface area (Å²) in [6.45, 7) is 6.74. The predicted octanol–water partition coefficient (Wildman–Crippen LogP) is 3.96. The zero-order valence-corrected chi connectivity index (χ0v) is 13.0. The highest BCUT2D eigenvalue weighted by Gasteiger charge is 2.41. The van der Waals surface area contributed by atoms with Crippen LogP contribution in [0.5, 0.6) is 0 Å². The van der Waals surface area contributed by atoms with Gasteiger partial charge in [-0.25, -0.2) is 0 Å². The van der Waals surface area contributed by atoms with Gasteiger partial charge < -0.3 is 5.11 Å². The summed E-state index contributed by atoms with van der Waals surface area (Å²) in [5.74, 6) is 0.578. The smallest absolute Gasteiger partial charge is 0.0710 e. The number of aromatic nitrogens is 1. The summed E-state index contributed by atoms with van der Waals surface area (Å²) in [7, 11) is 0. The van der Waals surface area contributed by atoms with Crippen molar-refractivity contribution < 1.29 is 5.11 Å². The van der Waals surface area contributed by atoms with Gasteiger partial charge in [-0.05, 0) is 58.7 Å². The summed E-state index contributed by atoms with van der Waals surface area (Å²) in [6, 6.07) is 3.98. The van der Waals surface area contributed by atoms with E-state index in [-0.39, 0.29) is 5.41 Å². The van der Waals surface area contributed by atoms with Crippen LogP contribution in [0.25, 0.3) is 0 Å². The van der Waals surface area contributed by atoms with Crippen LogP contribution in [0.1, 0.15) is 45.7 Å². The Morgan fingerprint density at radius 1 is 1.39 bits per heavy atom. The van der Waals surface area contributed by atoms with Gasteiger partial charge in [0, 0.05) is 22.8 Å². The van der Waals surface area contributed by atoms with Crippen molar-refractivity contribution in [3.05, 3.63) is 28.5 Å². The lowest BCUT2D eigenvalue weighted by atomic mass is 9.64. The SMILES string of the molecule is CC1CC(C)(C)CC(O)(Cc2ccc(Br)cn2)C1. The van der Waals surface area contributed by atoms with Crippen LogP contribution in [0.4, 0.5) is 0 Å². The molecule has 2 unspecified atom stereocenters. The minimum absolute atomic E-state index is 0.224. The van der Waals surface area contributed by atoms with E-state index in [0.29, 0.717) is 12.3 Å². The molecule has 1 fully saturated rings. The average Bonchev–Trinajstić information content (AvgIpc) is 2.17. The Morgan fingerprint density at radius 2 is 2.11 bits per heavy atom. The first-order valence-corrected chi connectivity index (χ1v) is 7.40. The molecule has 1 saturated carbocycles. The van der Waals surface area contributed by atoms with Crippen molar-refractivity contribution in [2.24, 2.45) is 11.3 Å². The highest BCUT2D eigenvalue weighted by atomic mass is 79.9. The molecule has 3 heteroatoms. The predicted molar refractivity (Wildman–Crippen MR) is 77.4 cm³/mol. The minimum atomic E-state index is -0.595. The topological polar surface area (TPSA) is 33.1 Å². The number of rotatable bonds is 2. The van der Waals surface area contributed by atoms with Gasteiger partial charge in [-0.2, -0.15) is 0 Å². The van der Waals surface area contributed by atoms with Gasteiger partial charge in [0.25, 0.3) is 0 Å². The van der Waals surface area contributed by atoms with Gasteiger partial charge in [0.05, 0.1) is 5.60 Å². The second kappa shape index (κ2) is 4.93. The van der Waals surface area contributed by atoms with E-state index in [9.17, 15) is 5.11 Å². The average molecular weight is 312 g/mol. The van der Waals surface area contributed by atoms with Crippen molar-refractivity contribution in [2.75, 3.05) is 0 Å². The molecular weight excluding hydrogens is 290 g/mol. The molecule has 0 amide bonds. The van der Waals surface area contributed by atoms with Crippen molar-refractivity contribution in [3.8, 4) is 0 Å². The molecule has 1 heterocycles. The molecule has 1 aromatic rings. The van der Waals surface area contributed by atoms with E-state index in [0.717, 1.165) is 23.0 Å². The van der Waals surface area contributed by atoms with E-state index in [1.54, 1.807) is 6.20 Å². The van der Waals surface area contributed by atoms with Crippen LogP contribution >= 0.6 is 15.9 Å². The number of aliphatic hydroxyl groups is 1. The second-order valence-corrected chi connectivity index (χ2v) is 7.64. The van der Waals surface area contributed by atoms with Gasteiger partial charge in [0.2, 0.25) is 0 Å². The molecule has 2 rings (SSSR count). The number of halogens is 1. The van der Waals surface area contributed by atoms with E-state index in [4.69, 9.17) is 0 Å². The maximum absolute atomic E-state index is 10.8. The second-order valence-electron chi connectivity index (χ2n) is 6.72. The van der Waals surface area contributed by atoms with Crippen LogP contribution in [0, 0.1) is 11.3 Å². The molecule has 2 nitrogen and oxygen atoms in total. The molecule has 18 heavy (non-hydrogen) atoms. The van der Waals surface area contributed by atoms with E-state index >= 15 is 0 Å². The fourth-order valence-electron chi connectivity index (χ4n) is 3.68. The van der Waals surface area contributed by atoms with E-state index in [2.05, 4.69) is 41.7 Å². The lowest BCUT2D eigenvalue weighted by molar-refractivity contribution is -0.0580. The first kappa shape index (κ1) is 14.0. The molecule has 2 atom stereocenters. The zero-order chi connectivity index (χ0) is 13.4. The molecule has 0 aliphatic heterocycles. The molecule has 1 aliphatic carbocycles. The normalized spacial score (nSPS) is 31.3. The Balaban J connectivity index is 2.13. The van der Waals surface area contributed by atoms with Crippen molar-refractivity contribution in [1.82, 2.24) is 4.98 Å². The van der Waals surface area contributed by atoms with E-state index < -0.39 is 5.60 Å². The van der Waals surface area contributed by atoms with Gasteiger partial charge >= 0.3 is 0 Å². The number of nitrogens with zero attached hydrogens (tertiary/aromatic N) is 1. The molecule has 0 bridgehead atoms. The Hall–Kier alpha value is -0.410. The number of hydrogen-bond acceptors (Lipinski definition) is 2. The molecule has 1 aromatic heterocycles. The molecule has 0 spiro atoms.